The number of hydrogen-bond acceptors (Lipinski definition) is 8. The van der Waals surface area contributed by atoms with E-state index in [0.717, 1.165) is 39.9 Å². The second kappa shape index (κ2) is 10.7. The van der Waals surface area contributed by atoms with Gasteiger partial charge in [-0.15, -0.1) is 11.3 Å². The van der Waals surface area contributed by atoms with Crippen molar-refractivity contribution in [1.82, 2.24) is 15.2 Å². The van der Waals surface area contributed by atoms with Gasteiger partial charge in [-0.05, 0) is 47.9 Å². The average molecular weight is 530 g/mol. The SMILES string of the molecule is Cc1ccc(CN(Cc2ccc3c(c2)OCO3)Cc2nc(C(=O)NCc3ccc4c(c3)OCO4)cs2)cc1. The number of fused-ring (bicyclic) bond motifs is 2. The van der Waals surface area contributed by atoms with E-state index in [9.17, 15) is 4.79 Å². The highest BCUT2D eigenvalue weighted by Gasteiger charge is 2.18. The number of thiazole rings is 1. The monoisotopic (exact) mass is 529 g/mol. The van der Waals surface area contributed by atoms with E-state index in [-0.39, 0.29) is 19.5 Å². The first-order valence-corrected chi connectivity index (χ1v) is 13.2. The van der Waals surface area contributed by atoms with Crippen molar-refractivity contribution in [3.63, 3.8) is 0 Å². The molecule has 2 aliphatic heterocycles. The Morgan fingerprint density at radius 1 is 0.816 bits per heavy atom. The molecule has 3 aromatic carbocycles. The predicted octanol–water partition coefficient (Wildman–Crippen LogP) is 5.04. The molecule has 194 valence electrons. The second-order valence-electron chi connectivity index (χ2n) is 9.32. The topological polar surface area (TPSA) is 82.2 Å². The van der Waals surface area contributed by atoms with E-state index in [1.165, 1.54) is 22.5 Å². The van der Waals surface area contributed by atoms with E-state index in [2.05, 4.69) is 52.5 Å². The Hall–Kier alpha value is -4.08. The maximum atomic E-state index is 12.8. The fourth-order valence-electron chi connectivity index (χ4n) is 4.42. The lowest BCUT2D eigenvalue weighted by atomic mass is 10.1. The number of benzene rings is 3. The Kier molecular flexibility index (Phi) is 6.85. The van der Waals surface area contributed by atoms with Crippen molar-refractivity contribution in [2.75, 3.05) is 13.6 Å². The van der Waals surface area contributed by atoms with Gasteiger partial charge in [-0.1, -0.05) is 42.0 Å². The zero-order valence-corrected chi connectivity index (χ0v) is 21.8. The first-order chi connectivity index (χ1) is 18.6. The Morgan fingerprint density at radius 2 is 1.42 bits per heavy atom. The molecule has 0 radical (unpaired) electrons. The van der Waals surface area contributed by atoms with E-state index in [1.807, 2.05) is 35.7 Å². The third-order valence-corrected chi connectivity index (χ3v) is 7.24. The molecule has 1 amide bonds. The van der Waals surface area contributed by atoms with Crippen LogP contribution in [0, 0.1) is 6.92 Å². The van der Waals surface area contributed by atoms with Crippen LogP contribution in [0.15, 0.2) is 66.0 Å². The van der Waals surface area contributed by atoms with E-state index < -0.39 is 0 Å². The number of nitrogens with zero attached hydrogens (tertiary/aromatic N) is 2. The molecular weight excluding hydrogens is 502 g/mol. The third kappa shape index (κ3) is 5.58. The maximum Gasteiger partial charge on any atom is 0.271 e. The zero-order chi connectivity index (χ0) is 25.9. The molecule has 8 nitrogen and oxygen atoms in total. The van der Waals surface area contributed by atoms with Gasteiger partial charge < -0.3 is 24.3 Å². The lowest BCUT2D eigenvalue weighted by Gasteiger charge is -2.22. The van der Waals surface area contributed by atoms with Crippen molar-refractivity contribution in [1.29, 1.82) is 0 Å². The van der Waals surface area contributed by atoms with Gasteiger partial charge in [0.25, 0.3) is 5.91 Å². The smallest absolute Gasteiger partial charge is 0.271 e. The summed E-state index contributed by atoms with van der Waals surface area (Å²) < 4.78 is 21.8. The summed E-state index contributed by atoms with van der Waals surface area (Å²) in [6.45, 7) is 5.01. The van der Waals surface area contributed by atoms with Crippen LogP contribution < -0.4 is 24.3 Å². The number of hydrogen-bond donors (Lipinski definition) is 1. The van der Waals surface area contributed by atoms with Crippen LogP contribution in [-0.4, -0.2) is 29.4 Å². The van der Waals surface area contributed by atoms with Crippen LogP contribution in [0.1, 0.15) is 37.7 Å². The summed E-state index contributed by atoms with van der Waals surface area (Å²) in [5.41, 5.74) is 4.93. The summed E-state index contributed by atoms with van der Waals surface area (Å²) in [6, 6.07) is 20.3. The Balaban J connectivity index is 1.13. The average Bonchev–Trinajstić information content (AvgIpc) is 3.69. The highest BCUT2D eigenvalue weighted by atomic mass is 32.1. The first kappa shape index (κ1) is 24.3. The van der Waals surface area contributed by atoms with Crippen molar-refractivity contribution in [3.05, 3.63) is 99.0 Å². The normalized spacial score (nSPS) is 13.2. The molecule has 0 bridgehead atoms. The van der Waals surface area contributed by atoms with Crippen LogP contribution in [0.5, 0.6) is 23.0 Å². The summed E-state index contributed by atoms with van der Waals surface area (Å²) in [5.74, 6) is 2.76. The third-order valence-electron chi connectivity index (χ3n) is 6.40. The number of carbonyl (C=O) groups is 1. The van der Waals surface area contributed by atoms with Crippen LogP contribution in [0.4, 0.5) is 0 Å². The molecular formula is C29H27N3O5S. The Morgan fingerprint density at radius 3 is 2.16 bits per heavy atom. The minimum atomic E-state index is -0.203. The van der Waals surface area contributed by atoms with Crippen LogP contribution in [0.3, 0.4) is 0 Å². The molecule has 0 saturated carbocycles. The molecule has 6 rings (SSSR count). The van der Waals surface area contributed by atoms with Crippen LogP contribution in [0.25, 0.3) is 0 Å². The van der Waals surface area contributed by atoms with Gasteiger partial charge in [0.1, 0.15) is 10.7 Å². The molecule has 0 saturated heterocycles. The molecule has 2 aliphatic rings. The van der Waals surface area contributed by atoms with Gasteiger partial charge in [0.2, 0.25) is 13.6 Å². The largest absolute Gasteiger partial charge is 0.454 e. The Labute approximate surface area is 224 Å². The minimum absolute atomic E-state index is 0.203. The number of ether oxygens (including phenoxy) is 4. The van der Waals surface area contributed by atoms with E-state index in [4.69, 9.17) is 18.9 Å². The van der Waals surface area contributed by atoms with Gasteiger partial charge in [-0.3, -0.25) is 9.69 Å². The van der Waals surface area contributed by atoms with Gasteiger partial charge in [0.05, 0.1) is 6.54 Å². The molecule has 0 spiro atoms. The molecule has 0 fully saturated rings. The number of nitrogens with one attached hydrogen (secondary N) is 1. The number of rotatable bonds is 9. The number of aromatic nitrogens is 1. The quantitative estimate of drug-likeness (QED) is 0.325. The predicted molar refractivity (Wildman–Crippen MR) is 143 cm³/mol. The summed E-state index contributed by atoms with van der Waals surface area (Å²) in [5, 5.41) is 5.65. The lowest BCUT2D eigenvalue weighted by Crippen LogP contribution is -2.24. The molecule has 4 aromatic rings. The summed E-state index contributed by atoms with van der Waals surface area (Å²) in [6.07, 6.45) is 0. The van der Waals surface area contributed by atoms with Crippen molar-refractivity contribution < 1.29 is 23.7 Å². The Bertz CT molecular complexity index is 1450. The maximum absolute atomic E-state index is 12.8. The molecule has 3 heterocycles. The van der Waals surface area contributed by atoms with Gasteiger partial charge in [-0.25, -0.2) is 4.98 Å². The number of amides is 1. The minimum Gasteiger partial charge on any atom is -0.454 e. The van der Waals surface area contributed by atoms with Gasteiger partial charge in [-0.2, -0.15) is 0 Å². The summed E-state index contributed by atoms with van der Waals surface area (Å²) in [4.78, 5) is 19.8. The van der Waals surface area contributed by atoms with Crippen molar-refractivity contribution in [2.45, 2.75) is 33.1 Å². The molecule has 0 aliphatic carbocycles. The summed E-state index contributed by atoms with van der Waals surface area (Å²) in [7, 11) is 0. The van der Waals surface area contributed by atoms with E-state index >= 15 is 0 Å². The van der Waals surface area contributed by atoms with Crippen LogP contribution >= 0.6 is 11.3 Å². The highest BCUT2D eigenvalue weighted by molar-refractivity contribution is 7.09. The number of aryl methyl sites for hydroxylation is 1. The lowest BCUT2D eigenvalue weighted by molar-refractivity contribution is 0.0946. The molecule has 9 heteroatoms. The second-order valence-corrected chi connectivity index (χ2v) is 10.3. The van der Waals surface area contributed by atoms with Crippen molar-refractivity contribution in [3.8, 4) is 23.0 Å². The zero-order valence-electron chi connectivity index (χ0n) is 20.9. The highest BCUT2D eigenvalue weighted by Crippen LogP contribution is 2.34. The van der Waals surface area contributed by atoms with E-state index in [1.54, 1.807) is 0 Å². The molecule has 38 heavy (non-hydrogen) atoms. The first-order valence-electron chi connectivity index (χ1n) is 12.4. The van der Waals surface area contributed by atoms with Crippen LogP contribution in [-0.2, 0) is 26.2 Å². The molecule has 1 N–H and O–H groups in total. The van der Waals surface area contributed by atoms with Gasteiger partial charge >= 0.3 is 0 Å². The van der Waals surface area contributed by atoms with Crippen molar-refractivity contribution >= 4 is 17.2 Å². The molecule has 1 aromatic heterocycles. The number of carbonyl (C=O) groups excluding carboxylic acids is 1. The fourth-order valence-corrected chi connectivity index (χ4v) is 5.24. The summed E-state index contributed by atoms with van der Waals surface area (Å²) >= 11 is 1.49. The van der Waals surface area contributed by atoms with E-state index in [0.29, 0.717) is 31.1 Å². The van der Waals surface area contributed by atoms with Gasteiger partial charge in [0.15, 0.2) is 23.0 Å². The van der Waals surface area contributed by atoms with Gasteiger partial charge in [0, 0.05) is 25.0 Å². The fraction of sp³-hybridized carbons (Fsp3) is 0.241. The van der Waals surface area contributed by atoms with Crippen LogP contribution in [0.2, 0.25) is 0 Å². The molecule has 0 unspecified atom stereocenters. The molecule has 0 atom stereocenters. The van der Waals surface area contributed by atoms with Crippen molar-refractivity contribution in [2.24, 2.45) is 0 Å². The standard InChI is InChI=1S/C29H27N3O5S/c1-19-2-4-20(5-3-19)13-32(14-22-7-9-25-27(11-22)37-18-35-25)15-28-31-23(16-38-28)29(33)30-12-21-6-8-24-26(10-21)36-17-34-24/h2-11,16H,12-15,17-18H2,1H3,(H,30,33).